The molecule has 2 aromatic carbocycles. The molecule has 4 fully saturated rings. The number of aromatic nitrogens is 4. The summed E-state index contributed by atoms with van der Waals surface area (Å²) >= 11 is 0. The lowest BCUT2D eigenvalue weighted by atomic mass is 9.63. The first-order valence-electron chi connectivity index (χ1n) is 30.0. The Kier molecular flexibility index (Phi) is 15.7. The SMILES string of the molecule is C=CC(=O)N1CCN(c2nc(OC[C@@H]3CC(c4ccc5c(c4)C[C@@]4(CCc6c(nc(OC[C@@H]7CCCN7C)nc6N6CCN(C(=O)C(=C)F)[C@@H](CC#N)C6)C4)CN5C)CN3C)nc3c2CC[C@@]2(CCc4c(F)cccc4C2)C3)C[C@@H]1CC#N. The highest BCUT2D eigenvalue weighted by Crippen LogP contribution is 2.49. The molecule has 0 saturated carbocycles. The number of fused-ring (bicyclic) bond motifs is 4. The number of ether oxygens (including phenoxy) is 2. The van der Waals surface area contributed by atoms with Crippen LogP contribution >= 0.6 is 0 Å². The van der Waals surface area contributed by atoms with Gasteiger partial charge in [0.25, 0.3) is 5.91 Å². The number of rotatable bonds is 13. The van der Waals surface area contributed by atoms with Crippen molar-refractivity contribution in [1.29, 1.82) is 10.5 Å². The highest BCUT2D eigenvalue weighted by atomic mass is 19.1. The van der Waals surface area contributed by atoms with Crippen molar-refractivity contribution in [3.63, 3.8) is 0 Å². The Labute approximate surface area is 486 Å². The molecule has 19 heteroatoms. The van der Waals surface area contributed by atoms with Crippen LogP contribution in [-0.4, -0.2) is 169 Å². The Balaban J connectivity index is 0.769. The van der Waals surface area contributed by atoms with Crippen LogP contribution in [0.1, 0.15) is 102 Å². The summed E-state index contributed by atoms with van der Waals surface area (Å²) in [6.45, 7) is 13.1. The fourth-order valence-corrected chi connectivity index (χ4v) is 15.7. The Morgan fingerprint density at radius 3 is 1.98 bits per heavy atom. The van der Waals surface area contributed by atoms with Crippen molar-refractivity contribution < 1.29 is 27.8 Å². The smallest absolute Gasteiger partial charge is 0.318 e. The molecular formula is C64H77F2N13O4. The molecule has 4 aromatic rings. The fraction of sp³-hybridized carbons (Fsp3) is 0.562. The zero-order valence-electron chi connectivity index (χ0n) is 48.4. The van der Waals surface area contributed by atoms with Gasteiger partial charge in [-0.3, -0.25) is 14.5 Å². The van der Waals surface area contributed by atoms with E-state index in [4.69, 9.17) is 29.4 Å². The largest absolute Gasteiger partial charge is 0.462 e. The van der Waals surface area contributed by atoms with Gasteiger partial charge in [0.15, 0.2) is 5.83 Å². The Morgan fingerprint density at radius 2 is 1.34 bits per heavy atom. The molecule has 8 aliphatic rings. The molecule has 17 nitrogen and oxygen atoms in total. The molecule has 0 N–H and O–H groups in total. The van der Waals surface area contributed by atoms with Gasteiger partial charge in [-0.1, -0.05) is 37.4 Å². The second-order valence-electron chi connectivity index (χ2n) is 25.3. The van der Waals surface area contributed by atoms with E-state index < -0.39 is 17.8 Å². The first kappa shape index (κ1) is 56.3. The average Bonchev–Trinajstić information content (AvgIpc) is 2.34. The molecule has 0 radical (unpaired) electrons. The number of anilines is 3. The highest BCUT2D eigenvalue weighted by Gasteiger charge is 2.45. The number of nitriles is 2. The van der Waals surface area contributed by atoms with E-state index >= 15 is 0 Å². The lowest BCUT2D eigenvalue weighted by Crippen LogP contribution is -2.56. The lowest BCUT2D eigenvalue weighted by molar-refractivity contribution is -0.131. The van der Waals surface area contributed by atoms with Crippen LogP contribution in [0.5, 0.6) is 12.0 Å². The number of carbonyl (C=O) groups excluding carboxylic acids is 2. The molecule has 1 unspecified atom stereocenters. The third kappa shape index (κ3) is 11.1. The van der Waals surface area contributed by atoms with Gasteiger partial charge in [-0.05, 0) is 161 Å². The van der Waals surface area contributed by atoms with E-state index in [9.17, 15) is 28.9 Å². The fourth-order valence-electron chi connectivity index (χ4n) is 15.7. The molecule has 5 aliphatic heterocycles. The maximum atomic E-state index is 15.0. The number of hydrogen-bond acceptors (Lipinski definition) is 15. The number of nitrogens with zero attached hydrogens (tertiary/aromatic N) is 13. The quantitative estimate of drug-likeness (QED) is 0.124. The molecule has 4 saturated heterocycles. The molecule has 3 aliphatic carbocycles. The molecule has 83 heavy (non-hydrogen) atoms. The summed E-state index contributed by atoms with van der Waals surface area (Å²) in [6, 6.07) is 17.3. The summed E-state index contributed by atoms with van der Waals surface area (Å²) in [6.07, 6.45) is 12.8. The van der Waals surface area contributed by atoms with Gasteiger partial charge in [0.1, 0.15) is 30.7 Å². The number of benzene rings is 2. The van der Waals surface area contributed by atoms with E-state index in [-0.39, 0.29) is 66.0 Å². The van der Waals surface area contributed by atoms with Crippen molar-refractivity contribution in [2.45, 2.75) is 126 Å². The first-order chi connectivity index (χ1) is 40.1. The van der Waals surface area contributed by atoms with Crippen molar-refractivity contribution in [3.05, 3.63) is 112 Å². The molecule has 0 bridgehead atoms. The molecule has 12 rings (SSSR count). The zero-order chi connectivity index (χ0) is 57.7. The number of amides is 2. The summed E-state index contributed by atoms with van der Waals surface area (Å²) in [7, 11) is 6.50. The maximum Gasteiger partial charge on any atom is 0.318 e. The van der Waals surface area contributed by atoms with Crippen molar-refractivity contribution in [3.8, 4) is 24.2 Å². The third-order valence-electron chi connectivity index (χ3n) is 20.1. The predicted molar refractivity (Wildman–Crippen MR) is 312 cm³/mol. The van der Waals surface area contributed by atoms with Gasteiger partial charge < -0.3 is 38.9 Å². The van der Waals surface area contributed by atoms with Crippen LogP contribution in [0.3, 0.4) is 0 Å². The average molecular weight is 1130 g/mol. The lowest BCUT2D eigenvalue weighted by Gasteiger charge is -2.47. The number of hydrogen-bond donors (Lipinski definition) is 0. The number of likely N-dealkylation sites (N-methyl/N-ethyl adjacent to an activating group) is 2. The maximum absolute atomic E-state index is 15.0. The number of carbonyl (C=O) groups is 2. The van der Waals surface area contributed by atoms with Gasteiger partial charge in [0, 0.05) is 88.3 Å². The van der Waals surface area contributed by atoms with Crippen LogP contribution < -0.4 is 24.2 Å². The summed E-state index contributed by atoms with van der Waals surface area (Å²) in [5.74, 6) is -0.215. The van der Waals surface area contributed by atoms with Crippen LogP contribution in [0, 0.1) is 39.3 Å². The van der Waals surface area contributed by atoms with Crippen LogP contribution in [0.4, 0.5) is 26.1 Å². The van der Waals surface area contributed by atoms with E-state index in [2.05, 4.69) is 95.2 Å². The van der Waals surface area contributed by atoms with Crippen molar-refractivity contribution in [2.75, 3.05) is 108 Å². The van der Waals surface area contributed by atoms with E-state index in [1.54, 1.807) is 11.0 Å². The minimum Gasteiger partial charge on any atom is -0.462 e. The van der Waals surface area contributed by atoms with Gasteiger partial charge >= 0.3 is 12.0 Å². The Morgan fingerprint density at radius 1 is 0.723 bits per heavy atom. The number of piperazine rings is 2. The molecule has 436 valence electrons. The van der Waals surface area contributed by atoms with Crippen molar-refractivity contribution in [1.82, 2.24) is 39.5 Å². The molecular weight excluding hydrogens is 1050 g/mol. The zero-order valence-corrected chi connectivity index (χ0v) is 48.4. The van der Waals surface area contributed by atoms with E-state index in [0.717, 1.165) is 142 Å². The highest BCUT2D eigenvalue weighted by molar-refractivity contribution is 5.91. The molecule has 2 spiro atoms. The summed E-state index contributed by atoms with van der Waals surface area (Å²) in [4.78, 5) is 61.2. The molecule has 2 aromatic heterocycles. The molecule has 2 amide bonds. The van der Waals surface area contributed by atoms with E-state index in [0.29, 0.717) is 64.4 Å². The Hall–Kier alpha value is -7.22. The number of halogens is 2. The van der Waals surface area contributed by atoms with Gasteiger partial charge in [-0.15, -0.1) is 0 Å². The third-order valence-corrected chi connectivity index (χ3v) is 20.1. The number of likely N-dealkylation sites (tertiary alicyclic amines) is 2. The van der Waals surface area contributed by atoms with Gasteiger partial charge in [0.2, 0.25) is 5.91 Å². The van der Waals surface area contributed by atoms with Crippen LogP contribution in [-0.2, 0) is 54.5 Å². The van der Waals surface area contributed by atoms with Gasteiger partial charge in [0.05, 0.1) is 48.5 Å². The van der Waals surface area contributed by atoms with E-state index in [1.165, 1.54) is 27.8 Å². The van der Waals surface area contributed by atoms with Crippen molar-refractivity contribution in [2.24, 2.45) is 10.8 Å². The second-order valence-corrected chi connectivity index (χ2v) is 25.3. The molecule has 7 atom stereocenters. The summed E-state index contributed by atoms with van der Waals surface area (Å²) in [5, 5.41) is 19.6. The Bertz CT molecular complexity index is 3290. The summed E-state index contributed by atoms with van der Waals surface area (Å²) in [5.41, 5.74) is 9.79. The van der Waals surface area contributed by atoms with Gasteiger partial charge in [-0.25, -0.2) is 8.78 Å². The van der Waals surface area contributed by atoms with Crippen molar-refractivity contribution >= 4 is 29.1 Å². The predicted octanol–water partition coefficient (Wildman–Crippen LogP) is 7.11. The monoisotopic (exact) mass is 1130 g/mol. The second kappa shape index (κ2) is 23.1. The topological polar surface area (TPSA) is 174 Å². The summed E-state index contributed by atoms with van der Waals surface area (Å²) < 4.78 is 42.4. The molecule has 7 heterocycles. The minimum absolute atomic E-state index is 0.0539. The van der Waals surface area contributed by atoms with Crippen LogP contribution in [0.15, 0.2) is 61.5 Å². The van der Waals surface area contributed by atoms with Crippen LogP contribution in [0.25, 0.3) is 0 Å². The first-order valence-corrected chi connectivity index (χ1v) is 30.0. The van der Waals surface area contributed by atoms with Crippen LogP contribution in [0.2, 0.25) is 0 Å². The normalized spacial score (nSPS) is 26.9. The minimum atomic E-state index is -1.02. The standard InChI is InChI=1S/C64H77F2N13O4/c1-6-57(80)78-27-25-76(36-46(78)17-22-67)58-51-15-20-63(19-14-50-43(31-63)9-7-11-53(50)66)33-54(51)69-62(72-58)83-39-49-30-45(35-74(49)4)42-12-13-56-44(29-42)32-64(40-75(56)5)21-16-52-55(34-64)70-61(82-38-48-10-8-24-73(48)3)71-59(52)77-26-28-79(60(81)41(2)65)47(37-77)18-23-68/h6-7,9,11-13,29,45-49H,1-2,8,10,14-21,24-28,30-40H2,3-5H3/t45?,46-,47-,48-,49-,63+,64+/m0/s1. The van der Waals surface area contributed by atoms with Gasteiger partial charge in [-0.2, -0.15) is 30.5 Å². The van der Waals surface area contributed by atoms with E-state index in [1.807, 2.05) is 6.07 Å².